The molecule has 3 aromatic carbocycles. The number of unbranched alkanes of at least 4 members (excludes halogenated alkanes) is 1. The zero-order valence-electron chi connectivity index (χ0n) is 21.0. The first-order valence-corrected chi connectivity index (χ1v) is 12.7. The van der Waals surface area contributed by atoms with Crippen molar-refractivity contribution in [3.8, 4) is 33.9 Å². The van der Waals surface area contributed by atoms with Gasteiger partial charge < -0.3 is 10.3 Å². The van der Waals surface area contributed by atoms with Crippen LogP contribution in [0.15, 0.2) is 78.9 Å². The molecule has 188 valence electrons. The number of fused-ring (bicyclic) bond motifs is 1. The maximum atomic E-state index is 6.39. The van der Waals surface area contributed by atoms with Crippen molar-refractivity contribution < 1.29 is 0 Å². The van der Waals surface area contributed by atoms with E-state index in [1.165, 1.54) is 0 Å². The minimum absolute atomic E-state index is 0.402. The molecule has 3 heterocycles. The number of aromatic nitrogens is 8. The van der Waals surface area contributed by atoms with Gasteiger partial charge in [0.2, 0.25) is 5.82 Å². The second-order valence-corrected chi connectivity index (χ2v) is 9.17. The van der Waals surface area contributed by atoms with Gasteiger partial charge in [-0.15, -0.1) is 10.2 Å². The Labute approximate surface area is 219 Å². The number of nitrogen functional groups attached to an aromatic ring is 1. The molecule has 9 nitrogen and oxygen atoms in total. The van der Waals surface area contributed by atoms with Gasteiger partial charge >= 0.3 is 0 Å². The first kappa shape index (κ1) is 23.5. The molecular formula is C29H27N9. The summed E-state index contributed by atoms with van der Waals surface area (Å²) in [7, 11) is 0. The first-order chi connectivity index (χ1) is 18.7. The Morgan fingerprint density at radius 3 is 2.29 bits per heavy atom. The van der Waals surface area contributed by atoms with Gasteiger partial charge in [0.05, 0.1) is 6.54 Å². The fourth-order valence-electron chi connectivity index (χ4n) is 4.65. The van der Waals surface area contributed by atoms with Gasteiger partial charge in [0.15, 0.2) is 22.8 Å². The lowest BCUT2D eigenvalue weighted by atomic mass is 9.98. The molecule has 9 heteroatoms. The predicted octanol–water partition coefficient (Wildman–Crippen LogP) is 5.31. The van der Waals surface area contributed by atoms with Crippen LogP contribution in [-0.4, -0.2) is 40.1 Å². The number of aromatic amines is 1. The van der Waals surface area contributed by atoms with E-state index in [9.17, 15) is 0 Å². The predicted molar refractivity (Wildman–Crippen MR) is 148 cm³/mol. The summed E-state index contributed by atoms with van der Waals surface area (Å²) in [5, 5.41) is 14.6. The van der Waals surface area contributed by atoms with Crippen LogP contribution < -0.4 is 5.73 Å². The number of tetrazole rings is 1. The van der Waals surface area contributed by atoms with Gasteiger partial charge in [-0.2, -0.15) is 5.21 Å². The third-order valence-corrected chi connectivity index (χ3v) is 6.61. The molecule has 3 aromatic heterocycles. The Balaban J connectivity index is 1.38. The number of nitrogens with two attached hydrogens (primary N) is 1. The number of aryl methyl sites for hydroxylation is 1. The van der Waals surface area contributed by atoms with E-state index in [1.807, 2.05) is 48.5 Å². The largest absolute Gasteiger partial charge is 0.382 e. The summed E-state index contributed by atoms with van der Waals surface area (Å²) in [5.41, 5.74) is 12.9. The number of rotatable bonds is 8. The molecule has 0 fully saturated rings. The third kappa shape index (κ3) is 4.50. The van der Waals surface area contributed by atoms with Gasteiger partial charge in [-0.05, 0) is 28.3 Å². The maximum absolute atomic E-state index is 6.39. The quantitative estimate of drug-likeness (QED) is 0.289. The van der Waals surface area contributed by atoms with Crippen LogP contribution in [0, 0.1) is 0 Å². The molecule has 0 unspecified atom stereocenters. The smallest absolute Gasteiger partial charge is 0.205 e. The lowest BCUT2D eigenvalue weighted by Crippen LogP contribution is -2.07. The molecule has 0 aliphatic rings. The molecule has 0 aliphatic carbocycles. The average molecular weight is 502 g/mol. The van der Waals surface area contributed by atoms with E-state index >= 15 is 0 Å². The molecular weight excluding hydrogens is 474 g/mol. The lowest BCUT2D eigenvalue weighted by Gasteiger charge is -2.11. The Morgan fingerprint density at radius 2 is 1.55 bits per heavy atom. The van der Waals surface area contributed by atoms with E-state index in [2.05, 4.69) is 67.4 Å². The zero-order chi connectivity index (χ0) is 25.9. The Bertz CT molecular complexity index is 1670. The third-order valence-electron chi connectivity index (χ3n) is 6.61. The molecule has 38 heavy (non-hydrogen) atoms. The first-order valence-electron chi connectivity index (χ1n) is 12.7. The molecule has 0 amide bonds. The van der Waals surface area contributed by atoms with Gasteiger partial charge in [0.1, 0.15) is 5.82 Å². The van der Waals surface area contributed by atoms with Gasteiger partial charge in [-0.1, -0.05) is 92.2 Å². The van der Waals surface area contributed by atoms with E-state index in [0.717, 1.165) is 58.6 Å². The van der Waals surface area contributed by atoms with Gasteiger partial charge in [0, 0.05) is 17.5 Å². The number of nitrogens with zero attached hydrogens (tertiary/aromatic N) is 7. The highest BCUT2D eigenvalue weighted by Gasteiger charge is 2.18. The molecule has 6 rings (SSSR count). The summed E-state index contributed by atoms with van der Waals surface area (Å²) in [5.74, 6) is 2.55. The van der Waals surface area contributed by atoms with Crippen molar-refractivity contribution in [3.05, 3.63) is 90.3 Å². The molecule has 3 N–H and O–H groups in total. The highest BCUT2D eigenvalue weighted by Crippen LogP contribution is 2.30. The fraction of sp³-hybridized carbons (Fsp3) is 0.172. The highest BCUT2D eigenvalue weighted by atomic mass is 15.5. The Morgan fingerprint density at radius 1 is 0.789 bits per heavy atom. The molecule has 6 aromatic rings. The molecule has 0 spiro atoms. The fourth-order valence-corrected chi connectivity index (χ4v) is 4.65. The van der Waals surface area contributed by atoms with Crippen LogP contribution in [0.4, 0.5) is 5.82 Å². The topological polar surface area (TPSA) is 124 Å². The molecule has 0 atom stereocenters. The standard InChI is InChI=1S/C29H27N9/c1-2-3-13-24-31-25-26(30)32-27(21-9-5-4-6-10-21)33-29(25)38(24)18-19-14-16-20(17-15-19)22-11-7-8-12-23(22)28-34-36-37-35-28/h4-12,14-17H,2-3,13,18H2,1H3,(H2,30,32,33)(H,34,35,36,37). The molecule has 0 bridgehead atoms. The summed E-state index contributed by atoms with van der Waals surface area (Å²) < 4.78 is 2.18. The van der Waals surface area contributed by atoms with Gasteiger partial charge in [-0.3, -0.25) is 0 Å². The molecule has 0 saturated heterocycles. The molecule has 0 aliphatic heterocycles. The van der Waals surface area contributed by atoms with Crippen molar-refractivity contribution >= 4 is 17.0 Å². The summed E-state index contributed by atoms with van der Waals surface area (Å²) in [6.07, 6.45) is 2.96. The second kappa shape index (κ2) is 10.2. The van der Waals surface area contributed by atoms with Crippen molar-refractivity contribution in [2.24, 2.45) is 0 Å². The van der Waals surface area contributed by atoms with Crippen LogP contribution >= 0.6 is 0 Å². The monoisotopic (exact) mass is 501 g/mol. The number of imidazole rings is 1. The Kier molecular flexibility index (Phi) is 6.31. The highest BCUT2D eigenvalue weighted by molar-refractivity contribution is 5.84. The normalized spacial score (nSPS) is 11.3. The van der Waals surface area contributed by atoms with Crippen LogP contribution in [0.3, 0.4) is 0 Å². The van der Waals surface area contributed by atoms with E-state index in [1.54, 1.807) is 0 Å². The van der Waals surface area contributed by atoms with E-state index < -0.39 is 0 Å². The summed E-state index contributed by atoms with van der Waals surface area (Å²) >= 11 is 0. The van der Waals surface area contributed by atoms with Crippen molar-refractivity contribution in [2.75, 3.05) is 5.73 Å². The number of anilines is 1. The van der Waals surface area contributed by atoms with Crippen molar-refractivity contribution in [1.29, 1.82) is 0 Å². The number of H-pyrrole nitrogens is 1. The summed E-state index contributed by atoms with van der Waals surface area (Å²) in [4.78, 5) is 14.4. The minimum Gasteiger partial charge on any atom is -0.382 e. The number of hydrogen-bond donors (Lipinski definition) is 2. The second-order valence-electron chi connectivity index (χ2n) is 9.17. The van der Waals surface area contributed by atoms with Crippen LogP contribution in [0.5, 0.6) is 0 Å². The number of nitrogens with one attached hydrogen (secondary N) is 1. The Hall–Kier alpha value is -4.92. The van der Waals surface area contributed by atoms with Gasteiger partial charge in [-0.25, -0.2) is 15.0 Å². The van der Waals surface area contributed by atoms with Crippen LogP contribution in [-0.2, 0) is 13.0 Å². The van der Waals surface area contributed by atoms with Crippen molar-refractivity contribution in [3.63, 3.8) is 0 Å². The van der Waals surface area contributed by atoms with E-state index in [4.69, 9.17) is 15.7 Å². The van der Waals surface area contributed by atoms with E-state index in [0.29, 0.717) is 29.5 Å². The maximum Gasteiger partial charge on any atom is 0.205 e. The molecule has 0 radical (unpaired) electrons. The van der Waals surface area contributed by atoms with Crippen molar-refractivity contribution in [1.82, 2.24) is 40.1 Å². The van der Waals surface area contributed by atoms with Crippen LogP contribution in [0.25, 0.3) is 45.1 Å². The van der Waals surface area contributed by atoms with Crippen molar-refractivity contribution in [2.45, 2.75) is 32.7 Å². The number of hydrogen-bond acceptors (Lipinski definition) is 7. The van der Waals surface area contributed by atoms with E-state index in [-0.39, 0.29) is 0 Å². The zero-order valence-corrected chi connectivity index (χ0v) is 21.0. The SMILES string of the molecule is CCCCc1nc2c(N)nc(-c3ccccc3)nc2n1Cc1ccc(-c2ccccc2-c2nn[nH]n2)cc1. The number of benzene rings is 3. The minimum atomic E-state index is 0.402. The summed E-state index contributed by atoms with van der Waals surface area (Å²) in [6.45, 7) is 2.81. The lowest BCUT2D eigenvalue weighted by molar-refractivity contribution is 0.686. The van der Waals surface area contributed by atoms with Gasteiger partial charge in [0.25, 0.3) is 0 Å². The summed E-state index contributed by atoms with van der Waals surface area (Å²) in [6, 6.07) is 26.5. The molecule has 0 saturated carbocycles. The van der Waals surface area contributed by atoms with Crippen LogP contribution in [0.2, 0.25) is 0 Å². The average Bonchev–Trinajstić information content (AvgIpc) is 3.62. The van der Waals surface area contributed by atoms with Crippen LogP contribution in [0.1, 0.15) is 31.2 Å².